The molecule has 0 unspecified atom stereocenters. The molecule has 0 radical (unpaired) electrons. The fourth-order valence-electron chi connectivity index (χ4n) is 0.672. The maximum atomic E-state index is 8.41. The number of nitriles is 2. The number of hydrogen-bond acceptors (Lipinski definition) is 2. The van der Waals surface area contributed by atoms with Gasteiger partial charge in [-0.25, -0.2) is 0 Å². The summed E-state index contributed by atoms with van der Waals surface area (Å²) in [5, 5.41) is 16.8. The van der Waals surface area contributed by atoms with Crippen molar-refractivity contribution < 1.29 is 0 Å². The molecule has 2 nitrogen and oxygen atoms in total. The second-order valence-corrected chi connectivity index (χ2v) is 2.05. The summed E-state index contributed by atoms with van der Waals surface area (Å²) in [7, 11) is 0. The van der Waals surface area contributed by atoms with Crippen LogP contribution in [-0.2, 0) is 0 Å². The van der Waals surface area contributed by atoms with Crippen molar-refractivity contribution in [3.63, 3.8) is 0 Å². The topological polar surface area (TPSA) is 47.6 Å². The van der Waals surface area contributed by atoms with Crippen molar-refractivity contribution in [1.82, 2.24) is 0 Å². The molecule has 52 valence electrons. The van der Waals surface area contributed by atoms with Gasteiger partial charge in [-0.1, -0.05) is 13.0 Å². The van der Waals surface area contributed by atoms with E-state index in [4.69, 9.17) is 10.5 Å². The highest BCUT2D eigenvalue weighted by Gasteiger charge is 2.05. The molecule has 0 heterocycles. The van der Waals surface area contributed by atoms with Gasteiger partial charge < -0.3 is 0 Å². The maximum Gasteiger partial charge on any atom is 0.154 e. The Morgan fingerprint density at radius 2 is 2.00 bits per heavy atom. The fourth-order valence-corrected chi connectivity index (χ4v) is 0.672. The SMILES string of the molecule is CC/C=C(/C)C(C#N)C#N. The van der Waals surface area contributed by atoms with E-state index < -0.39 is 5.92 Å². The molecule has 10 heavy (non-hydrogen) atoms. The lowest BCUT2D eigenvalue weighted by Gasteiger charge is -1.96. The number of rotatable bonds is 2. The van der Waals surface area contributed by atoms with E-state index >= 15 is 0 Å². The van der Waals surface area contributed by atoms with Crippen LogP contribution in [0.25, 0.3) is 0 Å². The smallest absolute Gasteiger partial charge is 0.154 e. The molecule has 0 saturated carbocycles. The van der Waals surface area contributed by atoms with E-state index in [1.165, 1.54) is 0 Å². The van der Waals surface area contributed by atoms with E-state index in [9.17, 15) is 0 Å². The molecular formula is C8H10N2. The van der Waals surface area contributed by atoms with Gasteiger partial charge in [0.05, 0.1) is 12.1 Å². The van der Waals surface area contributed by atoms with Crippen LogP contribution in [0.15, 0.2) is 11.6 Å². The lowest BCUT2D eigenvalue weighted by molar-refractivity contribution is 0.973. The Kier molecular flexibility index (Phi) is 4.00. The molecule has 0 aromatic heterocycles. The molecule has 2 heteroatoms. The normalized spacial score (nSPS) is 10.7. The van der Waals surface area contributed by atoms with Gasteiger partial charge in [-0.05, 0) is 18.9 Å². The zero-order valence-corrected chi connectivity index (χ0v) is 6.26. The van der Waals surface area contributed by atoms with E-state index in [0.717, 1.165) is 12.0 Å². The summed E-state index contributed by atoms with van der Waals surface area (Å²) >= 11 is 0. The van der Waals surface area contributed by atoms with Gasteiger partial charge >= 0.3 is 0 Å². The second kappa shape index (κ2) is 4.58. The van der Waals surface area contributed by atoms with Crippen LogP contribution in [0.5, 0.6) is 0 Å². The first-order valence-electron chi connectivity index (χ1n) is 3.22. The molecule has 0 spiro atoms. The van der Waals surface area contributed by atoms with Gasteiger partial charge in [0.2, 0.25) is 0 Å². The van der Waals surface area contributed by atoms with E-state index in [2.05, 4.69) is 0 Å². The first kappa shape index (κ1) is 8.72. The average Bonchev–Trinajstić information content (AvgIpc) is 1.91. The molecule has 0 saturated heterocycles. The highest BCUT2D eigenvalue weighted by molar-refractivity contribution is 5.20. The molecule has 0 aliphatic heterocycles. The van der Waals surface area contributed by atoms with Gasteiger partial charge in [0, 0.05) is 0 Å². The summed E-state index contributed by atoms with van der Waals surface area (Å²) in [5.74, 6) is -0.556. The lowest BCUT2D eigenvalue weighted by atomic mass is 10.0. The zero-order valence-electron chi connectivity index (χ0n) is 6.26. The molecular weight excluding hydrogens is 124 g/mol. The maximum absolute atomic E-state index is 8.41. The zero-order chi connectivity index (χ0) is 7.98. The summed E-state index contributed by atoms with van der Waals surface area (Å²) in [6.45, 7) is 3.79. The minimum atomic E-state index is -0.556. The summed E-state index contributed by atoms with van der Waals surface area (Å²) in [6.07, 6.45) is 2.78. The van der Waals surface area contributed by atoms with E-state index in [1.54, 1.807) is 6.92 Å². The van der Waals surface area contributed by atoms with Crippen LogP contribution in [0.1, 0.15) is 20.3 Å². The standard InChI is InChI=1S/C8H10N2/c1-3-4-7(2)8(5-9)6-10/h4,8H,3H2,1-2H3/b7-4-. The van der Waals surface area contributed by atoms with E-state index in [1.807, 2.05) is 25.1 Å². The van der Waals surface area contributed by atoms with Gasteiger partial charge in [0.25, 0.3) is 0 Å². The van der Waals surface area contributed by atoms with Crippen LogP contribution < -0.4 is 0 Å². The highest BCUT2D eigenvalue weighted by Crippen LogP contribution is 2.07. The van der Waals surface area contributed by atoms with Gasteiger partial charge in [0.1, 0.15) is 0 Å². The summed E-state index contributed by atoms with van der Waals surface area (Å²) in [6, 6.07) is 3.81. The van der Waals surface area contributed by atoms with Crippen molar-refractivity contribution in [2.45, 2.75) is 20.3 Å². The summed E-state index contributed by atoms with van der Waals surface area (Å²) in [5.41, 5.74) is 0.854. The quantitative estimate of drug-likeness (QED) is 0.542. The number of hydrogen-bond donors (Lipinski definition) is 0. The predicted octanol–water partition coefficient (Wildman–Crippen LogP) is 2.01. The average molecular weight is 134 g/mol. The molecule has 0 rings (SSSR count). The first-order valence-corrected chi connectivity index (χ1v) is 3.22. The van der Waals surface area contributed by atoms with Crippen molar-refractivity contribution in [2.75, 3.05) is 0 Å². The van der Waals surface area contributed by atoms with Gasteiger partial charge in [-0.15, -0.1) is 0 Å². The highest BCUT2D eigenvalue weighted by atomic mass is 14.3. The Morgan fingerprint density at radius 1 is 1.50 bits per heavy atom. The Balaban J connectivity index is 4.22. The molecule has 0 atom stereocenters. The largest absolute Gasteiger partial charge is 0.197 e. The van der Waals surface area contributed by atoms with Crippen LogP contribution in [0.2, 0.25) is 0 Å². The summed E-state index contributed by atoms with van der Waals surface area (Å²) < 4.78 is 0. The van der Waals surface area contributed by atoms with Crippen LogP contribution in [0, 0.1) is 28.6 Å². The molecule has 0 aromatic rings. The Bertz CT molecular complexity index is 188. The Hall–Kier alpha value is -1.28. The van der Waals surface area contributed by atoms with E-state index in [0.29, 0.717) is 0 Å². The van der Waals surface area contributed by atoms with Crippen molar-refractivity contribution in [3.05, 3.63) is 11.6 Å². The lowest BCUT2D eigenvalue weighted by Crippen LogP contribution is -1.93. The second-order valence-electron chi connectivity index (χ2n) is 2.05. The monoisotopic (exact) mass is 134 g/mol. The van der Waals surface area contributed by atoms with Crippen LogP contribution in [0.4, 0.5) is 0 Å². The molecule has 0 bridgehead atoms. The minimum Gasteiger partial charge on any atom is -0.197 e. The van der Waals surface area contributed by atoms with Crippen molar-refractivity contribution >= 4 is 0 Å². The van der Waals surface area contributed by atoms with Crippen LogP contribution in [-0.4, -0.2) is 0 Å². The summed E-state index contributed by atoms with van der Waals surface area (Å²) in [4.78, 5) is 0. The van der Waals surface area contributed by atoms with Gasteiger partial charge in [-0.2, -0.15) is 10.5 Å². The first-order chi connectivity index (χ1) is 4.76. The molecule has 0 N–H and O–H groups in total. The molecule has 0 aliphatic carbocycles. The van der Waals surface area contributed by atoms with E-state index in [-0.39, 0.29) is 0 Å². The molecule has 0 aromatic carbocycles. The fraction of sp³-hybridized carbons (Fsp3) is 0.500. The molecule has 0 fully saturated rings. The third kappa shape index (κ3) is 2.33. The van der Waals surface area contributed by atoms with Crippen LogP contribution >= 0.6 is 0 Å². The number of nitrogens with zero attached hydrogens (tertiary/aromatic N) is 2. The van der Waals surface area contributed by atoms with Crippen molar-refractivity contribution in [1.29, 1.82) is 10.5 Å². The Labute approximate surface area is 61.4 Å². The van der Waals surface area contributed by atoms with Gasteiger partial charge in [0.15, 0.2) is 5.92 Å². The third-order valence-electron chi connectivity index (χ3n) is 1.24. The minimum absolute atomic E-state index is 0.556. The van der Waals surface area contributed by atoms with Crippen LogP contribution in [0.3, 0.4) is 0 Å². The molecule has 0 aliphatic rings. The molecule has 0 amide bonds. The van der Waals surface area contributed by atoms with Crippen molar-refractivity contribution in [3.8, 4) is 12.1 Å². The Morgan fingerprint density at radius 3 is 2.30 bits per heavy atom. The van der Waals surface area contributed by atoms with Gasteiger partial charge in [-0.3, -0.25) is 0 Å². The predicted molar refractivity (Wildman–Crippen MR) is 38.8 cm³/mol. The third-order valence-corrected chi connectivity index (χ3v) is 1.24. The van der Waals surface area contributed by atoms with Crippen molar-refractivity contribution in [2.24, 2.45) is 5.92 Å². The number of allylic oxidation sites excluding steroid dienone is 2.